The maximum atomic E-state index is 12.6. The van der Waals surface area contributed by atoms with Gasteiger partial charge in [0.15, 0.2) is 16.1 Å². The van der Waals surface area contributed by atoms with Crippen molar-refractivity contribution >= 4 is 21.6 Å². The van der Waals surface area contributed by atoms with E-state index in [1.54, 1.807) is 12.1 Å². The lowest BCUT2D eigenvalue weighted by atomic mass is 10.0. The fourth-order valence-corrected chi connectivity index (χ4v) is 2.57. The van der Waals surface area contributed by atoms with Gasteiger partial charge in [-0.2, -0.15) is 5.26 Å². The number of halogens is 1. The second-order valence-corrected chi connectivity index (χ2v) is 5.68. The maximum absolute atomic E-state index is 12.6. The van der Waals surface area contributed by atoms with Crippen LogP contribution in [0.15, 0.2) is 32.2 Å². The number of aromatic nitrogens is 3. The van der Waals surface area contributed by atoms with E-state index in [4.69, 9.17) is 9.68 Å². The van der Waals surface area contributed by atoms with E-state index < -0.39 is 0 Å². The lowest BCUT2D eigenvalue weighted by molar-refractivity contribution is 0.552. The Kier molecular flexibility index (Phi) is 3.18. The van der Waals surface area contributed by atoms with Crippen LogP contribution >= 0.6 is 15.9 Å². The molecule has 0 unspecified atom stereocenters. The molecule has 0 saturated heterocycles. The summed E-state index contributed by atoms with van der Waals surface area (Å²) in [6, 6.07) is 5.50. The molecule has 106 valence electrons. The molecule has 3 rings (SSSR count). The summed E-state index contributed by atoms with van der Waals surface area (Å²) in [5, 5.41) is 11.9. The van der Waals surface area contributed by atoms with Gasteiger partial charge in [-0.25, -0.2) is 9.50 Å². The number of furan rings is 1. The van der Waals surface area contributed by atoms with Crippen molar-refractivity contribution in [3.8, 4) is 17.5 Å². The molecular formula is C14H11BrN4O2. The Hall–Kier alpha value is -2.33. The molecule has 0 spiro atoms. The van der Waals surface area contributed by atoms with Gasteiger partial charge in [0.2, 0.25) is 0 Å². The van der Waals surface area contributed by atoms with Gasteiger partial charge in [-0.1, -0.05) is 13.8 Å². The monoisotopic (exact) mass is 346 g/mol. The Balaban J connectivity index is 2.44. The molecule has 0 bridgehead atoms. The minimum atomic E-state index is -0.223. The summed E-state index contributed by atoms with van der Waals surface area (Å²) in [6.07, 6.45) is 1.47. The number of nitrogens with zero attached hydrogens (tertiary/aromatic N) is 3. The lowest BCUT2D eigenvalue weighted by Gasteiger charge is -2.09. The number of nitriles is 1. The van der Waals surface area contributed by atoms with Crippen molar-refractivity contribution < 1.29 is 4.42 Å². The zero-order valence-corrected chi connectivity index (χ0v) is 12.9. The molecule has 3 aromatic heterocycles. The van der Waals surface area contributed by atoms with E-state index in [-0.39, 0.29) is 11.5 Å². The predicted octanol–water partition coefficient (Wildman–Crippen LogP) is 3.04. The number of hydrogen-bond acceptors (Lipinski definition) is 4. The molecule has 3 aromatic rings. The third kappa shape index (κ3) is 2.08. The van der Waals surface area contributed by atoms with Crippen molar-refractivity contribution in [3.05, 3.63) is 44.5 Å². The zero-order chi connectivity index (χ0) is 15.1. The molecule has 0 aromatic carbocycles. The third-order valence-electron chi connectivity index (χ3n) is 3.20. The van der Waals surface area contributed by atoms with Crippen LogP contribution in [0.4, 0.5) is 0 Å². The average molecular weight is 347 g/mol. The van der Waals surface area contributed by atoms with E-state index in [2.05, 4.69) is 26.0 Å². The van der Waals surface area contributed by atoms with Crippen LogP contribution < -0.4 is 5.56 Å². The number of nitrogens with one attached hydrogen (secondary N) is 1. The van der Waals surface area contributed by atoms with E-state index >= 15 is 0 Å². The van der Waals surface area contributed by atoms with Crippen LogP contribution in [-0.2, 0) is 0 Å². The molecule has 0 aliphatic heterocycles. The first-order valence-corrected chi connectivity index (χ1v) is 7.12. The molecule has 0 radical (unpaired) electrons. The molecular weight excluding hydrogens is 336 g/mol. The first-order valence-electron chi connectivity index (χ1n) is 6.32. The van der Waals surface area contributed by atoms with Gasteiger partial charge in [-0.05, 0) is 34.0 Å². The van der Waals surface area contributed by atoms with Gasteiger partial charge in [-0.15, -0.1) is 0 Å². The summed E-state index contributed by atoms with van der Waals surface area (Å²) in [4.78, 5) is 17.1. The highest BCUT2D eigenvalue weighted by Crippen LogP contribution is 2.29. The number of fused-ring (bicyclic) bond motifs is 1. The SMILES string of the molecule is CC(C)c1c(-c2ccc(Br)o2)nc2c(C#N)c[nH]n2c1=O. The summed E-state index contributed by atoms with van der Waals surface area (Å²) in [5.41, 5.74) is 1.40. The Morgan fingerprint density at radius 2 is 2.24 bits per heavy atom. The smallest absolute Gasteiger partial charge is 0.276 e. The summed E-state index contributed by atoms with van der Waals surface area (Å²) in [7, 11) is 0. The van der Waals surface area contributed by atoms with Crippen LogP contribution in [0.25, 0.3) is 17.1 Å². The molecule has 0 atom stereocenters. The van der Waals surface area contributed by atoms with Crippen LogP contribution in [-0.4, -0.2) is 14.6 Å². The van der Waals surface area contributed by atoms with Crippen molar-refractivity contribution in [2.45, 2.75) is 19.8 Å². The van der Waals surface area contributed by atoms with Gasteiger partial charge in [0.05, 0.1) is 5.56 Å². The highest BCUT2D eigenvalue weighted by atomic mass is 79.9. The fourth-order valence-electron chi connectivity index (χ4n) is 2.26. The Morgan fingerprint density at radius 1 is 1.48 bits per heavy atom. The minimum absolute atomic E-state index is 0.0328. The maximum Gasteiger partial charge on any atom is 0.276 e. The van der Waals surface area contributed by atoms with Crippen molar-refractivity contribution in [3.63, 3.8) is 0 Å². The number of hydrogen-bond donors (Lipinski definition) is 1. The molecule has 7 heteroatoms. The number of H-pyrrole nitrogens is 1. The van der Waals surface area contributed by atoms with E-state index in [1.165, 1.54) is 10.7 Å². The largest absolute Gasteiger partial charge is 0.448 e. The van der Waals surface area contributed by atoms with Crippen molar-refractivity contribution in [2.75, 3.05) is 0 Å². The molecule has 0 amide bonds. The Morgan fingerprint density at radius 3 is 2.81 bits per heavy atom. The summed E-state index contributed by atoms with van der Waals surface area (Å²) >= 11 is 3.24. The normalized spacial score (nSPS) is 11.2. The van der Waals surface area contributed by atoms with E-state index in [1.807, 2.05) is 19.9 Å². The quantitative estimate of drug-likeness (QED) is 0.772. The van der Waals surface area contributed by atoms with E-state index in [0.717, 1.165) is 0 Å². The molecule has 6 nitrogen and oxygen atoms in total. The summed E-state index contributed by atoms with van der Waals surface area (Å²) < 4.78 is 7.37. The molecule has 0 fully saturated rings. The minimum Gasteiger partial charge on any atom is -0.448 e. The molecule has 21 heavy (non-hydrogen) atoms. The second-order valence-electron chi connectivity index (χ2n) is 4.90. The van der Waals surface area contributed by atoms with Gasteiger partial charge in [0.1, 0.15) is 17.3 Å². The average Bonchev–Trinajstić information content (AvgIpc) is 3.03. The van der Waals surface area contributed by atoms with Gasteiger partial charge in [0, 0.05) is 6.20 Å². The zero-order valence-electron chi connectivity index (χ0n) is 11.3. The van der Waals surface area contributed by atoms with Crippen LogP contribution in [0.1, 0.15) is 30.9 Å². The lowest BCUT2D eigenvalue weighted by Crippen LogP contribution is -2.22. The Bertz CT molecular complexity index is 927. The summed E-state index contributed by atoms with van der Waals surface area (Å²) in [6.45, 7) is 3.83. The van der Waals surface area contributed by atoms with Crippen molar-refractivity contribution in [2.24, 2.45) is 0 Å². The standard InChI is InChI=1S/C14H11BrN4O2/c1-7(2)11-12(9-3-4-10(15)21-9)18-13-8(5-16)6-17-19(13)14(11)20/h3-4,6-7,17H,1-2H3. The topological polar surface area (TPSA) is 87.1 Å². The molecule has 1 N–H and O–H groups in total. The van der Waals surface area contributed by atoms with Crippen LogP contribution in [0, 0.1) is 11.3 Å². The molecule has 3 heterocycles. The third-order valence-corrected chi connectivity index (χ3v) is 3.63. The second kappa shape index (κ2) is 4.90. The fraction of sp³-hybridized carbons (Fsp3) is 0.214. The van der Waals surface area contributed by atoms with Crippen molar-refractivity contribution in [1.82, 2.24) is 14.6 Å². The van der Waals surface area contributed by atoms with Gasteiger partial charge in [-0.3, -0.25) is 9.89 Å². The highest BCUT2D eigenvalue weighted by Gasteiger charge is 2.21. The molecule has 0 aliphatic carbocycles. The van der Waals surface area contributed by atoms with E-state index in [0.29, 0.717) is 32.9 Å². The van der Waals surface area contributed by atoms with Crippen LogP contribution in [0.5, 0.6) is 0 Å². The van der Waals surface area contributed by atoms with Gasteiger partial charge in [0.25, 0.3) is 5.56 Å². The van der Waals surface area contributed by atoms with Crippen molar-refractivity contribution in [1.29, 1.82) is 5.26 Å². The summed E-state index contributed by atoms with van der Waals surface area (Å²) in [5.74, 6) is 0.463. The van der Waals surface area contributed by atoms with Gasteiger partial charge < -0.3 is 4.42 Å². The molecule has 0 aliphatic rings. The highest BCUT2D eigenvalue weighted by molar-refractivity contribution is 9.10. The Labute approximate surface area is 128 Å². The van der Waals surface area contributed by atoms with E-state index in [9.17, 15) is 4.79 Å². The number of rotatable bonds is 2. The first kappa shape index (κ1) is 13.6. The van der Waals surface area contributed by atoms with Gasteiger partial charge >= 0.3 is 0 Å². The molecule has 0 saturated carbocycles. The number of aromatic amines is 1. The van der Waals surface area contributed by atoms with Crippen LogP contribution in [0.3, 0.4) is 0 Å². The predicted molar refractivity (Wildman–Crippen MR) is 80.0 cm³/mol. The first-order chi connectivity index (χ1) is 10.0. The van der Waals surface area contributed by atoms with Crippen LogP contribution in [0.2, 0.25) is 0 Å².